The Hall–Kier alpha value is -1.87. The molecule has 2 nitrogen and oxygen atoms in total. The van der Waals surface area contributed by atoms with Crippen molar-refractivity contribution in [1.29, 1.82) is 0 Å². The summed E-state index contributed by atoms with van der Waals surface area (Å²) in [5, 5.41) is 3.29. The summed E-state index contributed by atoms with van der Waals surface area (Å²) in [7, 11) is 0. The quantitative estimate of drug-likeness (QED) is 0.857. The topological polar surface area (TPSA) is 21.3 Å². The van der Waals surface area contributed by atoms with Gasteiger partial charge in [-0.15, -0.1) is 0 Å². The Bertz CT molecular complexity index is 510. The molecule has 2 aromatic rings. The Morgan fingerprint density at radius 1 is 1.00 bits per heavy atom. The molecule has 0 saturated carbocycles. The SMILES string of the molecule is CCOc1ccc(CNCc2cccc(F)c2)cc1. The maximum Gasteiger partial charge on any atom is 0.123 e. The molecule has 0 heterocycles. The summed E-state index contributed by atoms with van der Waals surface area (Å²) in [5.74, 6) is 0.691. The number of hydrogen-bond donors (Lipinski definition) is 1. The number of ether oxygens (including phenoxy) is 1. The van der Waals surface area contributed by atoms with Gasteiger partial charge in [0.25, 0.3) is 0 Å². The first-order valence-corrected chi connectivity index (χ1v) is 6.45. The minimum atomic E-state index is -0.194. The van der Waals surface area contributed by atoms with Crippen LogP contribution >= 0.6 is 0 Å². The van der Waals surface area contributed by atoms with Crippen molar-refractivity contribution in [3.8, 4) is 5.75 Å². The van der Waals surface area contributed by atoms with Crippen LogP contribution in [0.25, 0.3) is 0 Å². The van der Waals surface area contributed by atoms with E-state index in [4.69, 9.17) is 4.74 Å². The van der Waals surface area contributed by atoms with Gasteiger partial charge < -0.3 is 10.1 Å². The molecule has 0 saturated heterocycles. The van der Waals surface area contributed by atoms with Crippen molar-refractivity contribution in [2.75, 3.05) is 6.61 Å². The number of nitrogens with one attached hydrogen (secondary N) is 1. The molecular weight excluding hydrogens is 241 g/mol. The first-order valence-electron chi connectivity index (χ1n) is 6.45. The molecule has 1 N–H and O–H groups in total. The average Bonchev–Trinajstić information content (AvgIpc) is 2.41. The summed E-state index contributed by atoms with van der Waals surface area (Å²) in [6.07, 6.45) is 0. The summed E-state index contributed by atoms with van der Waals surface area (Å²) < 4.78 is 18.4. The minimum absolute atomic E-state index is 0.194. The molecule has 3 heteroatoms. The van der Waals surface area contributed by atoms with E-state index in [9.17, 15) is 4.39 Å². The van der Waals surface area contributed by atoms with Crippen molar-refractivity contribution in [2.45, 2.75) is 20.0 Å². The largest absolute Gasteiger partial charge is 0.494 e. The van der Waals surface area contributed by atoms with Crippen LogP contribution in [0.3, 0.4) is 0 Å². The fraction of sp³-hybridized carbons (Fsp3) is 0.250. The third-order valence-corrected chi connectivity index (χ3v) is 2.78. The number of rotatable bonds is 6. The predicted molar refractivity (Wildman–Crippen MR) is 74.6 cm³/mol. The van der Waals surface area contributed by atoms with Gasteiger partial charge in [0.15, 0.2) is 0 Å². The zero-order valence-electron chi connectivity index (χ0n) is 11.0. The molecular formula is C16H18FNO. The second kappa shape index (κ2) is 6.90. The maximum atomic E-state index is 13.0. The molecule has 0 aliphatic carbocycles. The molecule has 0 aliphatic heterocycles. The van der Waals surface area contributed by atoms with E-state index < -0.39 is 0 Å². The highest BCUT2D eigenvalue weighted by molar-refractivity contribution is 5.27. The molecule has 0 aliphatic rings. The van der Waals surface area contributed by atoms with Crippen molar-refractivity contribution < 1.29 is 9.13 Å². The first kappa shape index (κ1) is 13.6. The molecule has 0 amide bonds. The summed E-state index contributed by atoms with van der Waals surface area (Å²) in [6, 6.07) is 14.6. The molecule has 2 aromatic carbocycles. The monoisotopic (exact) mass is 259 g/mol. The van der Waals surface area contributed by atoms with Gasteiger partial charge in [-0.3, -0.25) is 0 Å². The minimum Gasteiger partial charge on any atom is -0.494 e. The Labute approximate surface area is 113 Å². The Morgan fingerprint density at radius 2 is 1.74 bits per heavy atom. The molecule has 19 heavy (non-hydrogen) atoms. The lowest BCUT2D eigenvalue weighted by molar-refractivity contribution is 0.340. The van der Waals surface area contributed by atoms with Crippen LogP contribution in [0.1, 0.15) is 18.1 Å². The van der Waals surface area contributed by atoms with Crippen LogP contribution in [0, 0.1) is 5.82 Å². The van der Waals surface area contributed by atoms with Gasteiger partial charge in [0.2, 0.25) is 0 Å². The Kier molecular flexibility index (Phi) is 4.93. The second-order valence-corrected chi connectivity index (χ2v) is 4.31. The molecule has 100 valence electrons. The van der Waals surface area contributed by atoms with Gasteiger partial charge in [0.05, 0.1) is 6.61 Å². The first-order chi connectivity index (χ1) is 9.28. The molecule has 0 bridgehead atoms. The van der Waals surface area contributed by atoms with E-state index in [1.807, 2.05) is 37.3 Å². The van der Waals surface area contributed by atoms with Gasteiger partial charge in [-0.05, 0) is 42.3 Å². The van der Waals surface area contributed by atoms with Gasteiger partial charge in [0.1, 0.15) is 11.6 Å². The van der Waals surface area contributed by atoms with Crippen molar-refractivity contribution in [2.24, 2.45) is 0 Å². The van der Waals surface area contributed by atoms with Gasteiger partial charge in [-0.2, -0.15) is 0 Å². The molecule has 2 rings (SSSR count). The third-order valence-electron chi connectivity index (χ3n) is 2.78. The smallest absolute Gasteiger partial charge is 0.123 e. The van der Waals surface area contributed by atoms with E-state index >= 15 is 0 Å². The standard InChI is InChI=1S/C16H18FNO/c1-2-19-16-8-6-13(7-9-16)11-18-12-14-4-3-5-15(17)10-14/h3-10,18H,2,11-12H2,1H3. The van der Waals surface area contributed by atoms with E-state index in [1.165, 1.54) is 11.6 Å². The van der Waals surface area contributed by atoms with Crippen molar-refractivity contribution in [1.82, 2.24) is 5.32 Å². The van der Waals surface area contributed by atoms with E-state index in [1.54, 1.807) is 12.1 Å². The third kappa shape index (κ3) is 4.38. The van der Waals surface area contributed by atoms with Crippen molar-refractivity contribution >= 4 is 0 Å². The Morgan fingerprint density at radius 3 is 2.42 bits per heavy atom. The van der Waals surface area contributed by atoms with E-state index in [0.717, 1.165) is 17.9 Å². The van der Waals surface area contributed by atoms with Gasteiger partial charge >= 0.3 is 0 Å². The van der Waals surface area contributed by atoms with Crippen LogP contribution in [0.2, 0.25) is 0 Å². The molecule has 0 aromatic heterocycles. The summed E-state index contributed by atoms with van der Waals surface area (Å²) in [4.78, 5) is 0. The van der Waals surface area contributed by atoms with Crippen molar-refractivity contribution in [3.63, 3.8) is 0 Å². The lowest BCUT2D eigenvalue weighted by Gasteiger charge is -2.07. The van der Waals surface area contributed by atoms with Crippen LogP contribution in [0.4, 0.5) is 4.39 Å². The van der Waals surface area contributed by atoms with E-state index in [2.05, 4.69) is 5.32 Å². The fourth-order valence-corrected chi connectivity index (χ4v) is 1.87. The van der Waals surface area contributed by atoms with Crippen LogP contribution in [0.15, 0.2) is 48.5 Å². The molecule has 0 unspecified atom stereocenters. The van der Waals surface area contributed by atoms with Crippen LogP contribution in [0.5, 0.6) is 5.75 Å². The second-order valence-electron chi connectivity index (χ2n) is 4.31. The highest BCUT2D eigenvalue weighted by Crippen LogP contribution is 2.12. The molecule has 0 radical (unpaired) electrons. The zero-order valence-corrected chi connectivity index (χ0v) is 11.0. The summed E-state index contributed by atoms with van der Waals surface area (Å²) in [5.41, 5.74) is 2.13. The number of benzene rings is 2. The zero-order chi connectivity index (χ0) is 13.5. The van der Waals surface area contributed by atoms with Crippen LogP contribution in [-0.4, -0.2) is 6.61 Å². The Balaban J connectivity index is 1.82. The van der Waals surface area contributed by atoms with Gasteiger partial charge in [-0.25, -0.2) is 4.39 Å². The van der Waals surface area contributed by atoms with Gasteiger partial charge in [0, 0.05) is 13.1 Å². The van der Waals surface area contributed by atoms with E-state index in [-0.39, 0.29) is 5.82 Å². The highest BCUT2D eigenvalue weighted by atomic mass is 19.1. The van der Waals surface area contributed by atoms with Crippen molar-refractivity contribution in [3.05, 3.63) is 65.5 Å². The predicted octanol–water partition coefficient (Wildman–Crippen LogP) is 3.51. The maximum absolute atomic E-state index is 13.0. The lowest BCUT2D eigenvalue weighted by Crippen LogP contribution is -2.12. The average molecular weight is 259 g/mol. The summed E-state index contributed by atoms with van der Waals surface area (Å²) in [6.45, 7) is 4.06. The van der Waals surface area contributed by atoms with Crippen LogP contribution < -0.4 is 10.1 Å². The molecule has 0 spiro atoms. The highest BCUT2D eigenvalue weighted by Gasteiger charge is 1.97. The normalized spacial score (nSPS) is 10.4. The van der Waals surface area contributed by atoms with Gasteiger partial charge in [-0.1, -0.05) is 24.3 Å². The van der Waals surface area contributed by atoms with E-state index in [0.29, 0.717) is 13.2 Å². The fourth-order valence-electron chi connectivity index (χ4n) is 1.87. The summed E-state index contributed by atoms with van der Waals surface area (Å²) >= 11 is 0. The molecule has 0 fully saturated rings. The number of halogens is 1. The molecule has 0 atom stereocenters. The lowest BCUT2D eigenvalue weighted by atomic mass is 10.2. The van der Waals surface area contributed by atoms with Crippen LogP contribution in [-0.2, 0) is 13.1 Å². The number of hydrogen-bond acceptors (Lipinski definition) is 2.